The fourth-order valence-electron chi connectivity index (χ4n) is 4.02. The molecule has 11 nitrogen and oxygen atoms in total. The number of rotatable bonds is 12. The number of amides is 2. The predicted octanol–water partition coefficient (Wildman–Crippen LogP) is 1.19. The number of ketones is 1. The average Bonchev–Trinajstić information content (AvgIpc) is 3.19. The SMILES string of the molecule is CC(C)(C)C(=O)OCc1ccc(CCCCCC(=O)CN2C(=O)C=CC2=O)cc1O[C@@H]1OC[C@@H](O)[C@H](O)[C@H]1O. The minimum absolute atomic E-state index is 0.0701. The first kappa shape index (κ1) is 30.4. The number of ether oxygens (including phenoxy) is 3. The second kappa shape index (κ2) is 13.3. The summed E-state index contributed by atoms with van der Waals surface area (Å²) in [5.74, 6) is -1.21. The van der Waals surface area contributed by atoms with Crippen LogP contribution in [0.4, 0.5) is 0 Å². The molecular weight excluding hydrogens is 510 g/mol. The Kier molecular flexibility index (Phi) is 10.4. The van der Waals surface area contributed by atoms with Gasteiger partial charge < -0.3 is 29.5 Å². The van der Waals surface area contributed by atoms with Crippen molar-refractivity contribution in [2.75, 3.05) is 13.2 Å². The molecule has 39 heavy (non-hydrogen) atoms. The van der Waals surface area contributed by atoms with Gasteiger partial charge >= 0.3 is 5.97 Å². The lowest BCUT2D eigenvalue weighted by atomic mass is 9.97. The van der Waals surface area contributed by atoms with Crippen molar-refractivity contribution >= 4 is 23.6 Å². The zero-order chi connectivity index (χ0) is 28.7. The van der Waals surface area contributed by atoms with Crippen molar-refractivity contribution < 1.29 is 48.7 Å². The Morgan fingerprint density at radius 2 is 1.72 bits per heavy atom. The van der Waals surface area contributed by atoms with Crippen molar-refractivity contribution in [3.63, 3.8) is 0 Å². The number of aliphatic hydroxyl groups is 3. The van der Waals surface area contributed by atoms with E-state index in [0.717, 1.165) is 35.5 Å². The summed E-state index contributed by atoms with van der Waals surface area (Å²) in [6.07, 6.45) is -0.0803. The van der Waals surface area contributed by atoms with Crippen molar-refractivity contribution in [1.29, 1.82) is 0 Å². The van der Waals surface area contributed by atoms with E-state index in [1.807, 2.05) is 6.07 Å². The van der Waals surface area contributed by atoms with Gasteiger partial charge in [0.25, 0.3) is 11.8 Å². The van der Waals surface area contributed by atoms with Crippen LogP contribution in [0.1, 0.15) is 57.6 Å². The summed E-state index contributed by atoms with van der Waals surface area (Å²) >= 11 is 0. The number of hydrogen-bond donors (Lipinski definition) is 3. The molecule has 0 unspecified atom stereocenters. The number of benzene rings is 1. The summed E-state index contributed by atoms with van der Waals surface area (Å²) in [6, 6.07) is 5.37. The Hall–Kier alpha value is -3.12. The normalized spacial score (nSPS) is 23.3. The van der Waals surface area contributed by atoms with E-state index in [1.54, 1.807) is 32.9 Å². The molecule has 0 aromatic heterocycles. The van der Waals surface area contributed by atoms with Gasteiger partial charge in [-0.05, 0) is 51.7 Å². The second-order valence-corrected chi connectivity index (χ2v) is 10.8. The summed E-state index contributed by atoms with van der Waals surface area (Å²) in [5.41, 5.74) is 0.744. The number of nitrogens with zero attached hydrogens (tertiary/aromatic N) is 1. The van der Waals surface area contributed by atoms with Crippen molar-refractivity contribution in [1.82, 2.24) is 4.90 Å². The third-order valence-electron chi connectivity index (χ3n) is 6.46. The Morgan fingerprint density at radius 3 is 2.38 bits per heavy atom. The highest BCUT2D eigenvalue weighted by Gasteiger charge is 2.39. The van der Waals surface area contributed by atoms with Crippen molar-refractivity contribution in [3.8, 4) is 5.75 Å². The zero-order valence-corrected chi connectivity index (χ0v) is 22.5. The van der Waals surface area contributed by atoms with Gasteiger partial charge in [-0.3, -0.25) is 24.1 Å². The molecule has 1 saturated heterocycles. The number of hydrogen-bond acceptors (Lipinski definition) is 10. The van der Waals surface area contributed by atoms with Crippen LogP contribution in [0.25, 0.3) is 0 Å². The lowest BCUT2D eigenvalue weighted by molar-refractivity contribution is -0.242. The van der Waals surface area contributed by atoms with E-state index in [1.165, 1.54) is 0 Å². The van der Waals surface area contributed by atoms with Crippen LogP contribution in [-0.4, -0.2) is 81.5 Å². The maximum Gasteiger partial charge on any atom is 0.311 e. The molecule has 1 aromatic carbocycles. The first-order valence-electron chi connectivity index (χ1n) is 13.0. The lowest BCUT2D eigenvalue weighted by Crippen LogP contribution is -2.54. The second-order valence-electron chi connectivity index (χ2n) is 10.8. The standard InChI is InChI=1S/C28H37NO10/c1-28(2,3)27(36)38-15-18-10-9-17(13-21(18)39-26-25(35)24(34)20(31)16-37-26)7-5-4-6-8-19(30)14-29-22(32)11-12-23(29)33/h9-13,20,24-26,31,34-35H,4-8,14-16H2,1-3H3/t20-,24+,25-,26+/m1/s1. The van der Waals surface area contributed by atoms with Gasteiger partial charge in [0.2, 0.25) is 6.29 Å². The van der Waals surface area contributed by atoms with Crippen LogP contribution >= 0.6 is 0 Å². The van der Waals surface area contributed by atoms with Crippen LogP contribution in [-0.2, 0) is 41.7 Å². The fraction of sp³-hybridized carbons (Fsp3) is 0.571. The number of aryl methyl sites for hydroxylation is 1. The molecule has 11 heteroatoms. The Morgan fingerprint density at radius 1 is 1.03 bits per heavy atom. The minimum Gasteiger partial charge on any atom is -0.462 e. The van der Waals surface area contributed by atoms with E-state index in [4.69, 9.17) is 14.2 Å². The quantitative estimate of drug-likeness (QED) is 0.197. The van der Waals surface area contributed by atoms with Gasteiger partial charge in [0, 0.05) is 24.1 Å². The molecule has 2 heterocycles. The topological polar surface area (TPSA) is 160 Å². The zero-order valence-electron chi connectivity index (χ0n) is 22.5. The van der Waals surface area contributed by atoms with Crippen LogP contribution in [0.2, 0.25) is 0 Å². The van der Waals surface area contributed by atoms with Crippen LogP contribution < -0.4 is 4.74 Å². The summed E-state index contributed by atoms with van der Waals surface area (Å²) in [6.45, 7) is 4.72. The maximum atomic E-state index is 12.3. The number of imide groups is 1. The molecule has 214 valence electrons. The number of carbonyl (C=O) groups excluding carboxylic acids is 4. The van der Waals surface area contributed by atoms with Gasteiger partial charge in [-0.1, -0.05) is 18.6 Å². The van der Waals surface area contributed by atoms with Gasteiger partial charge in [-0.15, -0.1) is 0 Å². The average molecular weight is 548 g/mol. The number of unbranched alkanes of at least 4 members (excludes halogenated alkanes) is 2. The molecule has 2 aliphatic heterocycles. The monoisotopic (exact) mass is 547 g/mol. The number of esters is 1. The van der Waals surface area contributed by atoms with Crippen molar-refractivity contribution in [3.05, 3.63) is 41.5 Å². The number of aliphatic hydroxyl groups excluding tert-OH is 3. The Labute approximate surface area is 227 Å². The molecule has 4 atom stereocenters. The smallest absolute Gasteiger partial charge is 0.311 e. The summed E-state index contributed by atoms with van der Waals surface area (Å²) in [5, 5.41) is 30.0. The molecule has 0 aliphatic carbocycles. The third kappa shape index (κ3) is 8.43. The molecule has 0 bridgehead atoms. The van der Waals surface area contributed by atoms with Gasteiger partial charge in [-0.25, -0.2) is 0 Å². The van der Waals surface area contributed by atoms with Gasteiger partial charge in [-0.2, -0.15) is 0 Å². The molecule has 0 saturated carbocycles. The summed E-state index contributed by atoms with van der Waals surface area (Å²) in [4.78, 5) is 48.5. The van der Waals surface area contributed by atoms with E-state index >= 15 is 0 Å². The highest BCUT2D eigenvalue weighted by atomic mass is 16.7. The highest BCUT2D eigenvalue weighted by Crippen LogP contribution is 2.28. The molecule has 0 radical (unpaired) electrons. The van der Waals surface area contributed by atoms with E-state index in [0.29, 0.717) is 24.2 Å². The molecule has 2 aliphatic rings. The van der Waals surface area contributed by atoms with Crippen LogP contribution in [0.5, 0.6) is 5.75 Å². The van der Waals surface area contributed by atoms with E-state index in [9.17, 15) is 34.5 Å². The lowest BCUT2D eigenvalue weighted by Gasteiger charge is -2.35. The minimum atomic E-state index is -1.48. The highest BCUT2D eigenvalue weighted by molar-refractivity contribution is 6.14. The molecule has 1 aromatic rings. The van der Waals surface area contributed by atoms with E-state index < -0.39 is 47.8 Å². The van der Waals surface area contributed by atoms with E-state index in [-0.39, 0.29) is 32.0 Å². The summed E-state index contributed by atoms with van der Waals surface area (Å²) in [7, 11) is 0. The summed E-state index contributed by atoms with van der Waals surface area (Å²) < 4.78 is 16.7. The predicted molar refractivity (Wildman–Crippen MR) is 137 cm³/mol. The molecule has 3 rings (SSSR count). The number of Topliss-reactive ketones (excluding diaryl/α,β-unsaturated/α-hetero) is 1. The fourth-order valence-corrected chi connectivity index (χ4v) is 4.02. The van der Waals surface area contributed by atoms with Crippen LogP contribution in [0.3, 0.4) is 0 Å². The largest absolute Gasteiger partial charge is 0.462 e. The van der Waals surface area contributed by atoms with Crippen LogP contribution in [0, 0.1) is 5.41 Å². The van der Waals surface area contributed by atoms with Gasteiger partial charge in [0.15, 0.2) is 5.78 Å². The Balaban J connectivity index is 1.57. The molecule has 1 fully saturated rings. The van der Waals surface area contributed by atoms with Gasteiger partial charge in [0.1, 0.15) is 30.7 Å². The van der Waals surface area contributed by atoms with Crippen molar-refractivity contribution in [2.45, 2.75) is 84.1 Å². The van der Waals surface area contributed by atoms with Crippen LogP contribution in [0.15, 0.2) is 30.4 Å². The number of carbonyl (C=O) groups is 4. The third-order valence-corrected chi connectivity index (χ3v) is 6.46. The van der Waals surface area contributed by atoms with E-state index in [2.05, 4.69) is 0 Å². The maximum absolute atomic E-state index is 12.3. The first-order valence-corrected chi connectivity index (χ1v) is 13.0. The molecule has 2 amide bonds. The molecule has 0 spiro atoms. The van der Waals surface area contributed by atoms with Gasteiger partial charge in [0.05, 0.1) is 18.6 Å². The Bertz CT molecular complexity index is 1070. The van der Waals surface area contributed by atoms with Crippen molar-refractivity contribution in [2.24, 2.45) is 5.41 Å². The molecule has 3 N–H and O–H groups in total. The molecular formula is C28H37NO10. The first-order chi connectivity index (χ1) is 18.4.